The van der Waals surface area contributed by atoms with E-state index in [0.717, 1.165) is 30.5 Å². The molecule has 2 aromatic heterocycles. The smallest absolute Gasteiger partial charge is 0.332 e. The quantitative estimate of drug-likeness (QED) is 0.583. The molecule has 8 nitrogen and oxygen atoms in total. The van der Waals surface area contributed by atoms with Crippen molar-refractivity contribution < 1.29 is 0 Å². The molecule has 0 saturated carbocycles. The number of nitrogens with zero attached hydrogens (tertiary/aromatic N) is 5. The average Bonchev–Trinajstić information content (AvgIpc) is 3.19. The molecule has 2 N–H and O–H groups in total. The van der Waals surface area contributed by atoms with Crippen molar-refractivity contribution in [2.45, 2.75) is 58.7 Å². The number of nitrogens with two attached hydrogens (primary N) is 1. The third-order valence-electron chi connectivity index (χ3n) is 6.46. The van der Waals surface area contributed by atoms with Crippen molar-refractivity contribution in [2.24, 2.45) is 12.8 Å². The van der Waals surface area contributed by atoms with Gasteiger partial charge in [-0.2, -0.15) is 4.98 Å². The van der Waals surface area contributed by atoms with Gasteiger partial charge in [-0.15, -0.1) is 0 Å². The summed E-state index contributed by atoms with van der Waals surface area (Å²) in [6, 6.07) is 10.0. The van der Waals surface area contributed by atoms with E-state index in [1.165, 1.54) is 9.13 Å². The lowest BCUT2D eigenvalue weighted by molar-refractivity contribution is 0.495. The Hall–Kier alpha value is -3.13. The van der Waals surface area contributed by atoms with E-state index >= 15 is 0 Å². The van der Waals surface area contributed by atoms with Crippen LogP contribution in [-0.2, 0) is 20.1 Å². The molecular formula is C25H34N6O2. The van der Waals surface area contributed by atoms with Crippen molar-refractivity contribution >= 4 is 17.1 Å². The molecular weight excluding hydrogens is 416 g/mol. The summed E-state index contributed by atoms with van der Waals surface area (Å²) in [5.41, 5.74) is 8.73. The van der Waals surface area contributed by atoms with Crippen LogP contribution in [0.25, 0.3) is 11.2 Å². The number of allylic oxidation sites excluding steroid dienone is 2. The molecule has 0 bridgehead atoms. The van der Waals surface area contributed by atoms with Gasteiger partial charge in [0.15, 0.2) is 11.2 Å². The maximum absolute atomic E-state index is 13.7. The molecule has 3 aromatic rings. The van der Waals surface area contributed by atoms with Crippen LogP contribution in [0.5, 0.6) is 0 Å². The van der Waals surface area contributed by atoms with Crippen molar-refractivity contribution in [3.8, 4) is 0 Å². The van der Waals surface area contributed by atoms with E-state index < -0.39 is 0 Å². The van der Waals surface area contributed by atoms with E-state index in [0.29, 0.717) is 36.7 Å². The summed E-state index contributed by atoms with van der Waals surface area (Å²) in [5.74, 6) is 0.723. The molecule has 1 aliphatic rings. The molecule has 33 heavy (non-hydrogen) atoms. The number of fused-ring (bicyclic) bond motifs is 1. The topological polar surface area (TPSA) is 91.1 Å². The fraction of sp³-hybridized carbons (Fsp3) is 0.480. The van der Waals surface area contributed by atoms with E-state index in [1.54, 1.807) is 7.05 Å². The predicted molar refractivity (Wildman–Crippen MR) is 133 cm³/mol. The summed E-state index contributed by atoms with van der Waals surface area (Å²) in [7, 11) is 1.69. The van der Waals surface area contributed by atoms with Crippen molar-refractivity contribution in [3.63, 3.8) is 0 Å². The van der Waals surface area contributed by atoms with Gasteiger partial charge >= 0.3 is 5.69 Å². The number of rotatable bonds is 6. The molecule has 0 amide bonds. The van der Waals surface area contributed by atoms with E-state index in [9.17, 15) is 9.59 Å². The van der Waals surface area contributed by atoms with Crippen LogP contribution >= 0.6 is 0 Å². The van der Waals surface area contributed by atoms with Gasteiger partial charge in [-0.05, 0) is 38.2 Å². The van der Waals surface area contributed by atoms with E-state index in [-0.39, 0.29) is 23.2 Å². The Morgan fingerprint density at radius 3 is 2.61 bits per heavy atom. The summed E-state index contributed by atoms with van der Waals surface area (Å²) in [4.78, 5) is 33.9. The Kier molecular flexibility index (Phi) is 6.56. The molecule has 2 unspecified atom stereocenters. The van der Waals surface area contributed by atoms with Gasteiger partial charge in [0.25, 0.3) is 5.56 Å². The summed E-state index contributed by atoms with van der Waals surface area (Å²) in [5, 5.41) is 0. The van der Waals surface area contributed by atoms with Crippen LogP contribution in [0.3, 0.4) is 0 Å². The second-order valence-electron chi connectivity index (χ2n) is 9.39. The normalized spacial score (nSPS) is 17.4. The Labute approximate surface area is 194 Å². The van der Waals surface area contributed by atoms with Crippen LogP contribution in [0.2, 0.25) is 0 Å². The van der Waals surface area contributed by atoms with Crippen LogP contribution in [0.1, 0.15) is 45.1 Å². The van der Waals surface area contributed by atoms with Crippen LogP contribution < -0.4 is 21.9 Å². The molecule has 4 rings (SSSR count). The first-order chi connectivity index (χ1) is 15.8. The maximum Gasteiger partial charge on any atom is 0.332 e. The highest BCUT2D eigenvalue weighted by Crippen LogP contribution is 2.24. The number of anilines is 1. The Balaban J connectivity index is 1.88. The van der Waals surface area contributed by atoms with Crippen LogP contribution in [0.15, 0.2) is 51.6 Å². The fourth-order valence-electron chi connectivity index (χ4n) is 4.56. The molecule has 0 spiro atoms. The number of hydrogen-bond acceptors (Lipinski definition) is 5. The maximum atomic E-state index is 13.7. The Morgan fingerprint density at radius 2 is 1.94 bits per heavy atom. The van der Waals surface area contributed by atoms with Crippen molar-refractivity contribution in [2.75, 3.05) is 18.0 Å². The molecule has 0 radical (unpaired) electrons. The molecule has 1 aromatic carbocycles. The monoisotopic (exact) mass is 450 g/mol. The number of hydrogen-bond donors (Lipinski definition) is 1. The number of aromatic nitrogens is 4. The number of imidazole rings is 1. The van der Waals surface area contributed by atoms with Gasteiger partial charge in [-0.25, -0.2) is 4.79 Å². The van der Waals surface area contributed by atoms with Gasteiger partial charge in [-0.1, -0.05) is 48.9 Å². The van der Waals surface area contributed by atoms with Crippen LogP contribution in [-0.4, -0.2) is 37.8 Å². The van der Waals surface area contributed by atoms with Crippen molar-refractivity contribution in [1.82, 2.24) is 18.7 Å². The number of piperidine rings is 1. The Bertz CT molecular complexity index is 1280. The molecule has 1 aliphatic heterocycles. The first kappa shape index (κ1) is 23.0. The number of benzene rings is 1. The average molecular weight is 451 g/mol. The van der Waals surface area contributed by atoms with Crippen LogP contribution in [0.4, 0.5) is 5.95 Å². The van der Waals surface area contributed by atoms with Crippen molar-refractivity contribution in [1.29, 1.82) is 0 Å². The summed E-state index contributed by atoms with van der Waals surface area (Å²) in [6.45, 7) is 8.44. The molecule has 8 heteroatoms. The second kappa shape index (κ2) is 9.39. The third-order valence-corrected chi connectivity index (χ3v) is 6.46. The van der Waals surface area contributed by atoms with Gasteiger partial charge in [0.2, 0.25) is 5.95 Å². The zero-order valence-electron chi connectivity index (χ0n) is 20.0. The summed E-state index contributed by atoms with van der Waals surface area (Å²) >= 11 is 0. The lowest BCUT2D eigenvalue weighted by Gasteiger charge is -2.31. The predicted octanol–water partition coefficient (Wildman–Crippen LogP) is 2.59. The molecule has 176 valence electrons. The summed E-state index contributed by atoms with van der Waals surface area (Å²) in [6.07, 6.45) is 4.04. The summed E-state index contributed by atoms with van der Waals surface area (Å²) < 4.78 is 4.80. The first-order valence-electron chi connectivity index (χ1n) is 11.7. The minimum Gasteiger partial charge on any atom is -0.341 e. The fourth-order valence-corrected chi connectivity index (χ4v) is 4.56. The van der Waals surface area contributed by atoms with Gasteiger partial charge in [0.1, 0.15) is 0 Å². The molecule has 0 aliphatic carbocycles. The largest absolute Gasteiger partial charge is 0.341 e. The van der Waals surface area contributed by atoms with E-state index in [2.05, 4.69) is 11.0 Å². The van der Waals surface area contributed by atoms with Gasteiger partial charge in [0, 0.05) is 39.3 Å². The zero-order chi connectivity index (χ0) is 23.7. The highest BCUT2D eigenvalue weighted by Gasteiger charge is 2.26. The van der Waals surface area contributed by atoms with Crippen LogP contribution in [0, 0.1) is 0 Å². The van der Waals surface area contributed by atoms with Crippen molar-refractivity contribution in [3.05, 3.63) is 68.4 Å². The van der Waals surface area contributed by atoms with E-state index in [4.69, 9.17) is 10.7 Å². The van der Waals surface area contributed by atoms with Gasteiger partial charge < -0.3 is 15.2 Å². The highest BCUT2D eigenvalue weighted by molar-refractivity contribution is 5.74. The lowest BCUT2D eigenvalue weighted by Crippen LogP contribution is -2.44. The minimum atomic E-state index is -0.343. The standard InChI is InChI=1S/C25H34N6O2/c1-17(2)12-14-30-21-22(27-24(30)29-13-8-11-20(26)16-29)28(4)25(33)31(23(21)32)15-18(3)19-9-6-5-7-10-19/h5-7,9-10,12,18,20H,8,11,13-16,26H2,1-4H3. The second-order valence-corrected chi connectivity index (χ2v) is 9.39. The molecule has 3 heterocycles. The zero-order valence-corrected chi connectivity index (χ0v) is 20.0. The minimum absolute atomic E-state index is 0.0165. The highest BCUT2D eigenvalue weighted by atomic mass is 16.2. The molecule has 1 fully saturated rings. The van der Waals surface area contributed by atoms with E-state index in [1.807, 2.05) is 55.7 Å². The molecule has 1 saturated heterocycles. The first-order valence-corrected chi connectivity index (χ1v) is 11.7. The third kappa shape index (κ3) is 4.53. The van der Waals surface area contributed by atoms with Gasteiger partial charge in [-0.3, -0.25) is 13.9 Å². The van der Waals surface area contributed by atoms with Gasteiger partial charge in [0.05, 0.1) is 0 Å². The molecule has 2 atom stereocenters. The lowest BCUT2D eigenvalue weighted by atomic mass is 10.0. The number of aryl methyl sites for hydroxylation is 1. The Morgan fingerprint density at radius 1 is 1.21 bits per heavy atom. The SMILES string of the molecule is CC(C)=CCn1c(N2CCCC(N)C2)nc2c1c(=O)n(CC(C)c1ccccc1)c(=O)n2C.